The van der Waals surface area contributed by atoms with Gasteiger partial charge in [-0.2, -0.15) is 0 Å². The van der Waals surface area contributed by atoms with Crippen molar-refractivity contribution >= 4 is 5.69 Å². The first-order valence-electron chi connectivity index (χ1n) is 7.26. The topological polar surface area (TPSA) is 15.3 Å². The van der Waals surface area contributed by atoms with Crippen LogP contribution in [0.5, 0.6) is 0 Å². The maximum absolute atomic E-state index is 3.64. The van der Waals surface area contributed by atoms with E-state index in [2.05, 4.69) is 42.4 Å². The van der Waals surface area contributed by atoms with Crippen molar-refractivity contribution in [2.24, 2.45) is 5.41 Å². The van der Waals surface area contributed by atoms with Gasteiger partial charge in [0, 0.05) is 32.4 Å². The van der Waals surface area contributed by atoms with E-state index >= 15 is 0 Å². The minimum absolute atomic E-state index is 0.650. The highest BCUT2D eigenvalue weighted by Crippen LogP contribution is 2.47. The number of nitrogens with zero attached hydrogens (tertiary/aromatic N) is 1. The monoisotopic (exact) mass is 244 g/mol. The molecule has 0 amide bonds. The molecule has 2 heteroatoms. The molecule has 2 nitrogen and oxygen atoms in total. The van der Waals surface area contributed by atoms with Crippen LogP contribution in [0.4, 0.5) is 5.69 Å². The Bertz CT molecular complexity index is 435. The van der Waals surface area contributed by atoms with Gasteiger partial charge in [0.2, 0.25) is 0 Å². The van der Waals surface area contributed by atoms with E-state index in [1.807, 2.05) is 0 Å². The predicted molar refractivity (Wildman–Crippen MR) is 77.1 cm³/mol. The summed E-state index contributed by atoms with van der Waals surface area (Å²) in [4.78, 5) is 2.35. The molecule has 1 aromatic rings. The van der Waals surface area contributed by atoms with E-state index in [1.54, 1.807) is 0 Å². The molecule has 3 rings (SSSR count). The van der Waals surface area contributed by atoms with Crippen LogP contribution >= 0.6 is 0 Å². The summed E-state index contributed by atoms with van der Waals surface area (Å²) >= 11 is 0. The summed E-state index contributed by atoms with van der Waals surface area (Å²) in [5, 5.41) is 3.64. The number of hydrogen-bond donors (Lipinski definition) is 1. The molecule has 98 valence electrons. The summed E-state index contributed by atoms with van der Waals surface area (Å²) in [6.45, 7) is 5.71. The Labute approximate surface area is 110 Å². The summed E-state index contributed by atoms with van der Waals surface area (Å²) in [5.74, 6) is 0. The molecule has 0 spiro atoms. The lowest BCUT2D eigenvalue weighted by Crippen LogP contribution is -2.23. The minimum atomic E-state index is 0.650. The normalized spacial score (nSPS) is 20.0. The van der Waals surface area contributed by atoms with Crippen LogP contribution in [0.15, 0.2) is 18.2 Å². The van der Waals surface area contributed by atoms with Crippen LogP contribution in [0.2, 0.25) is 0 Å². The molecule has 1 fully saturated rings. The van der Waals surface area contributed by atoms with Crippen molar-refractivity contribution in [3.63, 3.8) is 0 Å². The van der Waals surface area contributed by atoms with Crippen LogP contribution in [0.1, 0.15) is 37.3 Å². The van der Waals surface area contributed by atoms with E-state index in [9.17, 15) is 0 Å². The summed E-state index contributed by atoms with van der Waals surface area (Å²) in [7, 11) is 2.18. The quantitative estimate of drug-likeness (QED) is 0.856. The van der Waals surface area contributed by atoms with Crippen LogP contribution in [-0.4, -0.2) is 20.1 Å². The summed E-state index contributed by atoms with van der Waals surface area (Å²) < 4.78 is 0. The highest BCUT2D eigenvalue weighted by molar-refractivity contribution is 5.58. The SMILES string of the molecule is CCC1(CNCc2ccc3c(c2)CCN3C)CC1. The number of anilines is 1. The third-order valence-electron chi connectivity index (χ3n) is 4.81. The number of rotatable bonds is 5. The molecule has 1 aliphatic carbocycles. The Balaban J connectivity index is 1.57. The zero-order chi connectivity index (χ0) is 12.6. The fourth-order valence-electron chi connectivity index (χ4n) is 3.03. The van der Waals surface area contributed by atoms with Gasteiger partial charge in [-0.05, 0) is 48.3 Å². The van der Waals surface area contributed by atoms with Crippen molar-refractivity contribution in [2.45, 2.75) is 39.2 Å². The molecule has 0 unspecified atom stereocenters. The summed E-state index contributed by atoms with van der Waals surface area (Å²) in [6.07, 6.45) is 5.38. The van der Waals surface area contributed by atoms with E-state index in [0.29, 0.717) is 5.41 Å². The summed E-state index contributed by atoms with van der Waals surface area (Å²) in [6, 6.07) is 6.95. The van der Waals surface area contributed by atoms with Crippen LogP contribution < -0.4 is 10.2 Å². The fourth-order valence-corrected chi connectivity index (χ4v) is 3.03. The molecule has 1 saturated carbocycles. The lowest BCUT2D eigenvalue weighted by atomic mass is 10.0. The number of hydrogen-bond acceptors (Lipinski definition) is 2. The first-order valence-corrected chi connectivity index (χ1v) is 7.26. The zero-order valence-electron chi connectivity index (χ0n) is 11.6. The molecular weight excluding hydrogens is 220 g/mol. The van der Waals surface area contributed by atoms with Crippen LogP contribution in [0.25, 0.3) is 0 Å². The molecule has 2 aliphatic rings. The summed E-state index contributed by atoms with van der Waals surface area (Å²) in [5.41, 5.74) is 5.03. The van der Waals surface area contributed by atoms with Gasteiger partial charge in [0.25, 0.3) is 0 Å². The number of nitrogens with one attached hydrogen (secondary N) is 1. The van der Waals surface area contributed by atoms with Gasteiger partial charge >= 0.3 is 0 Å². The second-order valence-corrected chi connectivity index (χ2v) is 6.09. The van der Waals surface area contributed by atoms with Crippen LogP contribution in [-0.2, 0) is 13.0 Å². The molecule has 18 heavy (non-hydrogen) atoms. The molecule has 1 aromatic carbocycles. The van der Waals surface area contributed by atoms with Gasteiger partial charge in [-0.25, -0.2) is 0 Å². The van der Waals surface area contributed by atoms with Crippen molar-refractivity contribution in [1.82, 2.24) is 5.32 Å². The second-order valence-electron chi connectivity index (χ2n) is 6.09. The number of likely N-dealkylation sites (N-methyl/N-ethyl adjacent to an activating group) is 1. The number of fused-ring (bicyclic) bond motifs is 1. The van der Waals surface area contributed by atoms with Gasteiger partial charge in [-0.1, -0.05) is 19.1 Å². The van der Waals surface area contributed by atoms with Crippen molar-refractivity contribution < 1.29 is 0 Å². The molecule has 0 atom stereocenters. The molecule has 1 aliphatic heterocycles. The Morgan fingerprint density at radius 2 is 2.17 bits per heavy atom. The van der Waals surface area contributed by atoms with E-state index in [0.717, 1.165) is 6.54 Å². The first kappa shape index (κ1) is 12.0. The largest absolute Gasteiger partial charge is 0.374 e. The molecule has 0 bridgehead atoms. The van der Waals surface area contributed by atoms with Gasteiger partial charge in [0.15, 0.2) is 0 Å². The molecule has 0 aromatic heterocycles. The highest BCUT2D eigenvalue weighted by Gasteiger charge is 2.39. The smallest absolute Gasteiger partial charge is 0.0397 e. The number of benzene rings is 1. The Morgan fingerprint density at radius 1 is 1.33 bits per heavy atom. The first-order chi connectivity index (χ1) is 8.72. The zero-order valence-corrected chi connectivity index (χ0v) is 11.6. The lowest BCUT2D eigenvalue weighted by molar-refractivity contribution is 0.443. The van der Waals surface area contributed by atoms with Crippen molar-refractivity contribution in [2.75, 3.05) is 25.0 Å². The predicted octanol–water partition coefficient (Wildman–Crippen LogP) is 2.96. The maximum atomic E-state index is 3.64. The lowest BCUT2D eigenvalue weighted by Gasteiger charge is -2.15. The van der Waals surface area contributed by atoms with E-state index in [1.165, 1.54) is 55.6 Å². The third kappa shape index (κ3) is 2.26. The molecule has 0 radical (unpaired) electrons. The van der Waals surface area contributed by atoms with E-state index < -0.39 is 0 Å². The molecule has 1 N–H and O–H groups in total. The standard InChI is InChI=1S/C16H24N2/c1-3-16(7-8-16)12-17-11-13-4-5-15-14(10-13)6-9-18(15)2/h4-5,10,17H,3,6-9,11-12H2,1-2H3. The highest BCUT2D eigenvalue weighted by atomic mass is 15.1. The Kier molecular flexibility index (Phi) is 3.06. The minimum Gasteiger partial charge on any atom is -0.374 e. The van der Waals surface area contributed by atoms with Gasteiger partial charge < -0.3 is 10.2 Å². The van der Waals surface area contributed by atoms with Gasteiger partial charge in [0.05, 0.1) is 0 Å². The molecule has 0 saturated heterocycles. The van der Waals surface area contributed by atoms with Crippen molar-refractivity contribution in [3.05, 3.63) is 29.3 Å². The van der Waals surface area contributed by atoms with Crippen molar-refractivity contribution in [3.8, 4) is 0 Å². The van der Waals surface area contributed by atoms with Crippen LogP contribution in [0.3, 0.4) is 0 Å². The average molecular weight is 244 g/mol. The Hall–Kier alpha value is -1.02. The van der Waals surface area contributed by atoms with E-state index in [-0.39, 0.29) is 0 Å². The maximum Gasteiger partial charge on any atom is 0.0397 e. The van der Waals surface area contributed by atoms with Gasteiger partial charge in [-0.3, -0.25) is 0 Å². The van der Waals surface area contributed by atoms with Crippen LogP contribution in [0, 0.1) is 5.41 Å². The molecular formula is C16H24N2. The van der Waals surface area contributed by atoms with Gasteiger partial charge in [-0.15, -0.1) is 0 Å². The fraction of sp³-hybridized carbons (Fsp3) is 0.625. The average Bonchev–Trinajstić information content (AvgIpc) is 3.08. The molecule has 1 heterocycles. The van der Waals surface area contributed by atoms with E-state index in [4.69, 9.17) is 0 Å². The van der Waals surface area contributed by atoms with Crippen molar-refractivity contribution in [1.29, 1.82) is 0 Å². The third-order valence-corrected chi connectivity index (χ3v) is 4.81. The van der Waals surface area contributed by atoms with Gasteiger partial charge in [0.1, 0.15) is 0 Å². The second kappa shape index (κ2) is 4.58. The Morgan fingerprint density at radius 3 is 2.89 bits per heavy atom.